The molecule has 0 amide bonds. The number of carboxylic acids is 2. The van der Waals surface area contributed by atoms with E-state index >= 15 is 0 Å². The van der Waals surface area contributed by atoms with E-state index in [4.69, 9.17) is 24.2 Å². The number of aromatic nitrogens is 4. The molecule has 7 aliphatic carbocycles. The van der Waals surface area contributed by atoms with Crippen LogP contribution in [0.15, 0.2) is 20.0 Å². The van der Waals surface area contributed by atoms with Crippen LogP contribution in [0.4, 0.5) is 0 Å². The third kappa shape index (κ3) is 30.5. The molecule has 97 heavy (non-hydrogen) atoms. The first kappa shape index (κ1) is 85.9. The zero-order valence-electron chi connectivity index (χ0n) is 64.4. The first-order chi connectivity index (χ1) is 45.5. The number of carbonyl (C=O) groups excluding carboxylic acids is 1. The average molecular weight is 1370 g/mol. The quantitative estimate of drug-likeness (QED) is 0.0823. The van der Waals surface area contributed by atoms with Gasteiger partial charge in [0, 0.05) is 36.9 Å². The van der Waals surface area contributed by atoms with Crippen molar-refractivity contribution in [3.63, 3.8) is 0 Å². The lowest BCUT2D eigenvalue weighted by Gasteiger charge is -2.45. The van der Waals surface area contributed by atoms with E-state index in [2.05, 4.69) is 136 Å². The summed E-state index contributed by atoms with van der Waals surface area (Å²) in [5.74, 6) is 13.9. The van der Waals surface area contributed by atoms with Crippen molar-refractivity contribution in [1.29, 1.82) is 0 Å². The second-order valence-electron chi connectivity index (χ2n) is 34.8. The van der Waals surface area contributed by atoms with Crippen molar-refractivity contribution in [3.05, 3.63) is 28.7 Å². The maximum Gasteiger partial charge on any atom is 0.434 e. The topological polar surface area (TPSA) is 277 Å². The molecule has 18 nitrogen and oxygen atoms in total. The van der Waals surface area contributed by atoms with Crippen LogP contribution < -0.4 is 5.76 Å². The lowest BCUT2D eigenvalue weighted by molar-refractivity contribution is -0.147. The van der Waals surface area contributed by atoms with Gasteiger partial charge in [0.05, 0.1) is 36.4 Å². The van der Waals surface area contributed by atoms with Gasteiger partial charge in [-0.1, -0.05) is 111 Å². The van der Waals surface area contributed by atoms with Gasteiger partial charge in [-0.05, 0) is 276 Å². The van der Waals surface area contributed by atoms with Gasteiger partial charge < -0.3 is 39.5 Å². The van der Waals surface area contributed by atoms with E-state index in [1.807, 2.05) is 11.8 Å². The van der Waals surface area contributed by atoms with E-state index in [-0.39, 0.29) is 30.8 Å². The lowest BCUT2D eigenvalue weighted by atomic mass is 9.67. The number of aliphatic hydroxyl groups excluding tert-OH is 2. The summed E-state index contributed by atoms with van der Waals surface area (Å²) < 4.78 is 10.2. The maximum absolute atomic E-state index is 10.8. The number of nitrogens with zero attached hydrogens (tertiary/aromatic N) is 5. The molecular formula is C79H144N6O12. The number of piperidine rings is 1. The molecule has 2 aromatic heterocycles. The number of H-pyrrole nitrogens is 1. The highest BCUT2D eigenvalue weighted by Crippen LogP contribution is 2.44. The van der Waals surface area contributed by atoms with Crippen LogP contribution in [0.2, 0.25) is 0 Å². The molecule has 4 heterocycles. The van der Waals surface area contributed by atoms with Crippen LogP contribution in [0.1, 0.15) is 302 Å². The second kappa shape index (κ2) is 42.1. The molecule has 18 heteroatoms. The minimum atomic E-state index is -0.759. The van der Waals surface area contributed by atoms with Gasteiger partial charge in [-0.3, -0.25) is 24.2 Å². The molecule has 0 bridgehead atoms. The summed E-state index contributed by atoms with van der Waals surface area (Å²) in [5.41, 5.74) is -1.08. The number of likely N-dealkylation sites (tertiary alicyclic amines) is 2. The van der Waals surface area contributed by atoms with Gasteiger partial charge in [0.2, 0.25) is 18.2 Å². The molecule has 11 rings (SSSR count). The van der Waals surface area contributed by atoms with E-state index in [0.717, 1.165) is 205 Å². The fourth-order valence-corrected chi connectivity index (χ4v) is 16.2. The lowest BCUT2D eigenvalue weighted by Crippen LogP contribution is -2.56. The Balaban J connectivity index is 0.000000237. The Labute approximate surface area is 587 Å². The molecule has 9 aliphatic rings. The Morgan fingerprint density at radius 1 is 0.557 bits per heavy atom. The van der Waals surface area contributed by atoms with Crippen molar-refractivity contribution in [2.75, 3.05) is 39.3 Å². The van der Waals surface area contributed by atoms with Crippen molar-refractivity contribution in [2.24, 2.45) is 107 Å². The number of aliphatic hydroxyl groups is 4. The number of carboxylic acid groups (broad SMARTS) is 2. The van der Waals surface area contributed by atoms with Crippen LogP contribution in [-0.4, -0.2) is 141 Å². The maximum atomic E-state index is 10.8. The first-order valence-corrected chi connectivity index (χ1v) is 39.0. The van der Waals surface area contributed by atoms with Gasteiger partial charge in [0.25, 0.3) is 0 Å². The standard InChI is InChI=1S/C12H23NO.C11H18N2O2.C11H18N2O.C10H19NO2.C10H20O2.C9H16O.C8H14O2.C8H16O/c1-9(2)10-3-5-11(6-4-10)13-7-12(14)8-13;1-7(2)8-3-5-9(6-4-8)10-12-13-11(14)15-10;1-8(2)9-3-5-10(6-4-9)11-13-12-7-14-11;1-8(2)9-3-5-11(6-4-9)7-10(12)13;1-8(2)9-3-5-10(12,7-11)6-4-9;1-6(2)8-4-9(5-8)7(3)10;1-5(2)6-3-7(4-6)8(9)10;1-6(2)7-4-8(3,9)5-7/h9-12,14H,3-8H2,1-2H3;7-9H,3-6H2,1-2H3,(H,13,14);7-10H,3-6H2,1-2H3;8-9H,3-7H2,1-2H3,(H,12,13);8-9,11-12H,3-7H2,1-2H3;6,8-9H,4-5H2,1-3H3;5-7H,3-4H2,1-2H3,(H,9,10);6-7,9H,4-5H2,1-3H3. The SMILES string of the molecule is CC(=O)C1CC(C(C)C)C1.CC(C)C1CC(C(=O)O)C1.CC(C)C1CC(C)(O)C1.CC(C)C1CCC(N2CC(O)C2)CC1.CC(C)C1CCC(O)(CO)CC1.CC(C)C1CCC(c2n[nH]c(=O)o2)CC1.CC(C)C1CCC(c2nnco2)CC1.CC(C)C1CCN(CC(=O)O)CC1. The normalized spacial score (nSPS) is 31.4. The predicted molar refractivity (Wildman–Crippen MR) is 388 cm³/mol. The van der Waals surface area contributed by atoms with Crippen molar-refractivity contribution in [2.45, 2.75) is 314 Å². The Morgan fingerprint density at radius 3 is 1.27 bits per heavy atom. The van der Waals surface area contributed by atoms with Crippen LogP contribution in [0.5, 0.6) is 0 Å². The number of Topliss-reactive ketones (excluding diaryl/α,β-unsaturated/α-hetero) is 1. The highest BCUT2D eigenvalue weighted by atomic mass is 16.4. The zero-order chi connectivity index (χ0) is 72.5. The average Bonchev–Trinajstić information content (AvgIpc) is 1.60. The molecule has 7 N–H and O–H groups in total. The van der Waals surface area contributed by atoms with E-state index in [1.54, 1.807) is 6.92 Å². The van der Waals surface area contributed by atoms with Crippen LogP contribution in [0.25, 0.3) is 0 Å². The summed E-state index contributed by atoms with van der Waals surface area (Å²) in [7, 11) is 0. The Morgan fingerprint density at radius 2 is 0.948 bits per heavy atom. The fourth-order valence-electron chi connectivity index (χ4n) is 16.2. The summed E-state index contributed by atoms with van der Waals surface area (Å²) in [6, 6.07) is 0.786. The van der Waals surface area contributed by atoms with Gasteiger partial charge in [0.1, 0.15) is 5.78 Å². The van der Waals surface area contributed by atoms with E-state index in [0.29, 0.717) is 47.2 Å². The van der Waals surface area contributed by atoms with E-state index in [9.17, 15) is 34.5 Å². The third-order valence-corrected chi connectivity index (χ3v) is 24.7. The van der Waals surface area contributed by atoms with Crippen LogP contribution >= 0.6 is 0 Å². The number of rotatable bonds is 16. The molecule has 0 radical (unpaired) electrons. The van der Waals surface area contributed by atoms with Crippen molar-refractivity contribution in [1.82, 2.24) is 30.2 Å². The van der Waals surface area contributed by atoms with Gasteiger partial charge in [0.15, 0.2) is 0 Å². The Hall–Kier alpha value is -3.55. The third-order valence-electron chi connectivity index (χ3n) is 24.7. The second-order valence-corrected chi connectivity index (χ2v) is 34.8. The summed E-state index contributed by atoms with van der Waals surface area (Å²) in [6.07, 6.45) is 28.7. The molecule has 2 aromatic rings. The van der Waals surface area contributed by atoms with Gasteiger partial charge in [-0.2, -0.15) is 0 Å². The minimum absolute atomic E-state index is 0.0298. The Bertz CT molecular complexity index is 2440. The highest BCUT2D eigenvalue weighted by molar-refractivity contribution is 5.79. The molecule has 9 fully saturated rings. The molecular weight excluding hydrogens is 1220 g/mol. The molecule has 2 saturated heterocycles. The number of ketones is 1. The number of carbonyl (C=O) groups is 3. The Kier molecular flexibility index (Phi) is 37.3. The monoisotopic (exact) mass is 1370 g/mol. The summed E-state index contributed by atoms with van der Waals surface area (Å²) >= 11 is 0. The number of β-amino-alcohol motifs (C(OH)–C–C–N with tert-alkyl or cyclic N) is 1. The largest absolute Gasteiger partial charge is 0.481 e. The summed E-state index contributed by atoms with van der Waals surface area (Å²) in [5, 5.41) is 68.3. The smallest absolute Gasteiger partial charge is 0.434 e. The van der Waals surface area contributed by atoms with Gasteiger partial charge in [-0.15, -0.1) is 15.3 Å². The molecule has 562 valence electrons. The van der Waals surface area contributed by atoms with E-state index < -0.39 is 23.3 Å². The van der Waals surface area contributed by atoms with Gasteiger partial charge >= 0.3 is 17.7 Å². The number of hydrogen-bond acceptors (Lipinski definition) is 15. The van der Waals surface area contributed by atoms with E-state index in [1.165, 1.54) is 70.6 Å². The van der Waals surface area contributed by atoms with Crippen LogP contribution in [0.3, 0.4) is 0 Å². The highest BCUT2D eigenvalue weighted by Gasteiger charge is 2.40. The zero-order valence-corrected chi connectivity index (χ0v) is 64.4. The minimum Gasteiger partial charge on any atom is -0.481 e. The van der Waals surface area contributed by atoms with Crippen molar-refractivity contribution in [3.8, 4) is 0 Å². The molecule has 0 atom stereocenters. The molecule has 0 spiro atoms. The molecule has 0 aromatic carbocycles. The van der Waals surface area contributed by atoms with Gasteiger partial charge in [-0.25, -0.2) is 9.89 Å². The van der Waals surface area contributed by atoms with Crippen LogP contribution in [-0.2, 0) is 14.4 Å². The fraction of sp³-hybridized carbons (Fsp3) is 0.911. The predicted octanol–water partition coefficient (Wildman–Crippen LogP) is 16.0. The number of nitrogens with one attached hydrogen (secondary N) is 1. The van der Waals surface area contributed by atoms with Crippen molar-refractivity contribution >= 4 is 17.7 Å². The summed E-state index contributed by atoms with van der Waals surface area (Å²) in [6.45, 7) is 43.6. The van der Waals surface area contributed by atoms with Crippen molar-refractivity contribution < 1.29 is 53.9 Å². The summed E-state index contributed by atoms with van der Waals surface area (Å²) in [4.78, 5) is 46.9. The number of hydrogen-bond donors (Lipinski definition) is 7. The molecule has 0 unspecified atom stereocenters. The molecule has 2 aliphatic heterocycles. The number of aromatic amines is 1. The first-order valence-electron chi connectivity index (χ1n) is 39.0. The van der Waals surface area contributed by atoms with Crippen LogP contribution in [0, 0.1) is 107 Å². The number of aliphatic carboxylic acids is 2. The molecule has 7 saturated carbocycles.